The van der Waals surface area contributed by atoms with Crippen molar-refractivity contribution < 1.29 is 4.79 Å². The molecule has 0 atom stereocenters. The molecular weight excluding hydrogens is 318 g/mol. The van der Waals surface area contributed by atoms with Gasteiger partial charge in [-0.25, -0.2) is 4.98 Å². The van der Waals surface area contributed by atoms with Gasteiger partial charge in [-0.2, -0.15) is 0 Å². The molecule has 4 nitrogen and oxygen atoms in total. The Kier molecular flexibility index (Phi) is 6.40. The van der Waals surface area contributed by atoms with Crippen molar-refractivity contribution in [3.63, 3.8) is 0 Å². The second kappa shape index (κ2) is 8.11. The van der Waals surface area contributed by atoms with E-state index >= 15 is 0 Å². The number of aromatic nitrogens is 2. The van der Waals surface area contributed by atoms with Crippen LogP contribution in [0.25, 0.3) is 0 Å². The van der Waals surface area contributed by atoms with Gasteiger partial charge in [0, 0.05) is 11.7 Å². The molecular formula is C19H29N3OS. The number of hydrogen-bond acceptors (Lipinski definition) is 3. The Hall–Kier alpha value is -1.41. The molecule has 2 rings (SSSR count). The first-order valence-corrected chi connectivity index (χ1v) is 9.92. The average molecular weight is 348 g/mol. The quantitative estimate of drug-likeness (QED) is 0.599. The third-order valence-electron chi connectivity index (χ3n) is 5.24. The third-order valence-corrected chi connectivity index (χ3v) is 6.19. The number of carbonyl (C=O) groups excluding carboxylic acids is 1. The molecule has 0 saturated heterocycles. The first-order valence-electron chi connectivity index (χ1n) is 8.93. The van der Waals surface area contributed by atoms with Crippen LogP contribution >= 0.6 is 11.8 Å². The SMILES string of the molecule is C#CC(CC)(CC)NC(=O)CSc1nc(C)c(C)n1C1CCCC1. The van der Waals surface area contributed by atoms with Crippen molar-refractivity contribution in [3.05, 3.63) is 11.4 Å². The lowest BCUT2D eigenvalue weighted by Gasteiger charge is -2.27. The Labute approximate surface area is 150 Å². The van der Waals surface area contributed by atoms with Gasteiger partial charge >= 0.3 is 0 Å². The molecule has 1 heterocycles. The van der Waals surface area contributed by atoms with Gasteiger partial charge in [0.25, 0.3) is 0 Å². The van der Waals surface area contributed by atoms with Crippen molar-refractivity contribution in [1.82, 2.24) is 14.9 Å². The van der Waals surface area contributed by atoms with Crippen LogP contribution in [-0.4, -0.2) is 26.8 Å². The maximum Gasteiger partial charge on any atom is 0.231 e. The third kappa shape index (κ3) is 3.97. The molecule has 1 saturated carbocycles. The van der Waals surface area contributed by atoms with Gasteiger partial charge in [0.05, 0.1) is 11.4 Å². The number of rotatable bonds is 7. The van der Waals surface area contributed by atoms with Crippen molar-refractivity contribution in [3.8, 4) is 12.3 Å². The molecule has 1 aliphatic carbocycles. The Morgan fingerprint density at radius 3 is 2.54 bits per heavy atom. The van der Waals surface area contributed by atoms with Crippen LogP contribution in [0.5, 0.6) is 0 Å². The fourth-order valence-electron chi connectivity index (χ4n) is 3.39. The molecule has 0 bridgehead atoms. The molecule has 0 radical (unpaired) electrons. The van der Waals surface area contributed by atoms with E-state index in [0.29, 0.717) is 11.8 Å². The van der Waals surface area contributed by atoms with E-state index in [4.69, 9.17) is 6.42 Å². The maximum absolute atomic E-state index is 12.4. The molecule has 24 heavy (non-hydrogen) atoms. The Morgan fingerprint density at radius 1 is 1.38 bits per heavy atom. The monoisotopic (exact) mass is 347 g/mol. The van der Waals surface area contributed by atoms with Crippen LogP contribution in [-0.2, 0) is 4.79 Å². The second-order valence-electron chi connectivity index (χ2n) is 6.64. The minimum atomic E-state index is -0.523. The minimum absolute atomic E-state index is 0.0158. The molecule has 5 heteroatoms. The number of imidazole rings is 1. The summed E-state index contributed by atoms with van der Waals surface area (Å²) in [6.45, 7) is 8.19. The van der Waals surface area contributed by atoms with Gasteiger partial charge in [0.2, 0.25) is 5.91 Å². The topological polar surface area (TPSA) is 46.9 Å². The minimum Gasteiger partial charge on any atom is -0.339 e. The largest absolute Gasteiger partial charge is 0.339 e. The number of amides is 1. The summed E-state index contributed by atoms with van der Waals surface area (Å²) in [5.74, 6) is 3.09. The molecule has 1 amide bonds. The van der Waals surface area contributed by atoms with E-state index in [2.05, 4.69) is 27.7 Å². The fourth-order valence-corrected chi connectivity index (χ4v) is 4.35. The average Bonchev–Trinajstić information content (AvgIpc) is 3.20. The normalized spacial score (nSPS) is 15.5. The van der Waals surface area contributed by atoms with Gasteiger partial charge in [-0.15, -0.1) is 6.42 Å². The first kappa shape index (κ1) is 18.9. The van der Waals surface area contributed by atoms with E-state index in [1.807, 2.05) is 20.8 Å². The van der Waals surface area contributed by atoms with Crippen molar-refractivity contribution >= 4 is 17.7 Å². The predicted octanol–water partition coefficient (Wildman–Crippen LogP) is 4.02. The van der Waals surface area contributed by atoms with Crippen LogP contribution < -0.4 is 5.32 Å². The summed E-state index contributed by atoms with van der Waals surface area (Å²) >= 11 is 1.52. The standard InChI is InChI=1S/C19H29N3OS/c1-6-19(7-2,8-3)21-17(23)13-24-18-20-14(4)15(5)22(18)16-11-9-10-12-16/h1,16H,7-13H2,2-5H3,(H,21,23). The van der Waals surface area contributed by atoms with Crippen molar-refractivity contribution in [2.24, 2.45) is 0 Å². The highest BCUT2D eigenvalue weighted by molar-refractivity contribution is 7.99. The van der Waals surface area contributed by atoms with Gasteiger partial charge in [-0.1, -0.05) is 44.4 Å². The lowest BCUT2D eigenvalue weighted by Crippen LogP contribution is -2.47. The van der Waals surface area contributed by atoms with Crippen LogP contribution in [0.15, 0.2) is 5.16 Å². The highest BCUT2D eigenvalue weighted by Crippen LogP contribution is 2.35. The van der Waals surface area contributed by atoms with Crippen LogP contribution in [0.4, 0.5) is 0 Å². The molecule has 1 aromatic rings. The molecule has 1 N–H and O–H groups in total. The van der Waals surface area contributed by atoms with E-state index in [9.17, 15) is 4.79 Å². The number of terminal acetylenes is 1. The van der Waals surface area contributed by atoms with Crippen molar-refractivity contribution in [1.29, 1.82) is 0 Å². The van der Waals surface area contributed by atoms with Crippen LogP contribution in [0.3, 0.4) is 0 Å². The fraction of sp³-hybridized carbons (Fsp3) is 0.684. The lowest BCUT2D eigenvalue weighted by molar-refractivity contribution is -0.119. The maximum atomic E-state index is 12.4. The molecule has 0 spiro atoms. The smallest absolute Gasteiger partial charge is 0.231 e. The zero-order valence-electron chi connectivity index (χ0n) is 15.3. The summed E-state index contributed by atoms with van der Waals surface area (Å²) in [5, 5.41) is 3.99. The molecule has 1 fully saturated rings. The number of carbonyl (C=O) groups is 1. The highest BCUT2D eigenvalue weighted by Gasteiger charge is 2.27. The van der Waals surface area contributed by atoms with Crippen molar-refractivity contribution in [2.75, 3.05) is 5.75 Å². The zero-order chi connectivity index (χ0) is 17.7. The second-order valence-corrected chi connectivity index (χ2v) is 7.59. The molecule has 132 valence electrons. The summed E-state index contributed by atoms with van der Waals surface area (Å²) < 4.78 is 2.34. The molecule has 1 aromatic heterocycles. The molecule has 1 aliphatic rings. The van der Waals surface area contributed by atoms with E-state index in [0.717, 1.165) is 23.7 Å². The summed E-state index contributed by atoms with van der Waals surface area (Å²) in [6.07, 6.45) is 12.1. The number of nitrogens with zero attached hydrogens (tertiary/aromatic N) is 2. The van der Waals surface area contributed by atoms with E-state index in [-0.39, 0.29) is 5.91 Å². The van der Waals surface area contributed by atoms with Gasteiger partial charge in [0.15, 0.2) is 5.16 Å². The van der Waals surface area contributed by atoms with Crippen LogP contribution in [0.2, 0.25) is 0 Å². The summed E-state index contributed by atoms with van der Waals surface area (Å²) in [5.41, 5.74) is 1.76. The first-order chi connectivity index (χ1) is 11.5. The Bertz CT molecular complexity index is 619. The summed E-state index contributed by atoms with van der Waals surface area (Å²) in [4.78, 5) is 17.1. The van der Waals surface area contributed by atoms with E-state index in [1.165, 1.54) is 43.1 Å². The van der Waals surface area contributed by atoms with Gasteiger partial charge in [-0.05, 0) is 39.5 Å². The van der Waals surface area contributed by atoms with Crippen LogP contribution in [0.1, 0.15) is 69.8 Å². The van der Waals surface area contributed by atoms with E-state index in [1.54, 1.807) is 0 Å². The summed E-state index contributed by atoms with van der Waals surface area (Å²) in [7, 11) is 0. The number of nitrogens with one attached hydrogen (secondary N) is 1. The Morgan fingerprint density at radius 2 is 2.00 bits per heavy atom. The summed E-state index contributed by atoms with van der Waals surface area (Å²) in [6, 6.07) is 0.535. The highest BCUT2D eigenvalue weighted by atomic mass is 32.2. The number of hydrogen-bond donors (Lipinski definition) is 1. The predicted molar refractivity (Wildman–Crippen MR) is 100 cm³/mol. The van der Waals surface area contributed by atoms with Gasteiger partial charge < -0.3 is 9.88 Å². The van der Waals surface area contributed by atoms with E-state index < -0.39 is 5.54 Å². The molecule has 0 aliphatic heterocycles. The van der Waals surface area contributed by atoms with Gasteiger partial charge in [-0.3, -0.25) is 4.79 Å². The lowest BCUT2D eigenvalue weighted by atomic mass is 9.94. The molecule has 0 unspecified atom stereocenters. The Balaban J connectivity index is 2.05. The van der Waals surface area contributed by atoms with Gasteiger partial charge in [0.1, 0.15) is 5.54 Å². The zero-order valence-corrected chi connectivity index (χ0v) is 16.1. The van der Waals surface area contributed by atoms with Crippen LogP contribution in [0, 0.1) is 26.2 Å². The number of aryl methyl sites for hydroxylation is 1. The molecule has 0 aromatic carbocycles. The van der Waals surface area contributed by atoms with Crippen molar-refractivity contribution in [2.45, 2.75) is 83.0 Å². The number of thioether (sulfide) groups is 1.